The van der Waals surface area contributed by atoms with E-state index in [9.17, 15) is 9.59 Å². The summed E-state index contributed by atoms with van der Waals surface area (Å²) in [7, 11) is 1.61. The second-order valence-corrected chi connectivity index (χ2v) is 6.01. The summed E-state index contributed by atoms with van der Waals surface area (Å²) in [5, 5.41) is 8.61. The summed E-state index contributed by atoms with van der Waals surface area (Å²) in [6.07, 6.45) is -0.0497. The molecule has 0 atom stereocenters. The van der Waals surface area contributed by atoms with Crippen LogP contribution in [0.3, 0.4) is 0 Å². The number of aliphatic carboxylic acids is 1. The number of hydrogen-bond acceptors (Lipinski definition) is 4. The van der Waals surface area contributed by atoms with Gasteiger partial charge in [0, 0.05) is 19.0 Å². The minimum Gasteiger partial charge on any atom is -0.481 e. The van der Waals surface area contributed by atoms with Crippen LogP contribution in [-0.4, -0.2) is 40.5 Å². The predicted octanol–water partition coefficient (Wildman–Crippen LogP) is 1.99. The van der Waals surface area contributed by atoms with Crippen molar-refractivity contribution in [1.29, 1.82) is 0 Å². The zero-order valence-corrected chi connectivity index (χ0v) is 11.9. The molecule has 1 heterocycles. The van der Waals surface area contributed by atoms with Gasteiger partial charge >= 0.3 is 5.97 Å². The first-order valence-electron chi connectivity index (χ1n) is 5.64. The van der Waals surface area contributed by atoms with Crippen LogP contribution in [0.5, 0.6) is 0 Å². The van der Waals surface area contributed by atoms with Gasteiger partial charge in [0.15, 0.2) is 0 Å². The maximum absolute atomic E-state index is 12.2. The zero-order valence-electron chi connectivity index (χ0n) is 11.1. The topological polar surface area (TPSA) is 70.5 Å². The molecule has 6 heteroatoms. The maximum atomic E-state index is 12.2. The lowest BCUT2D eigenvalue weighted by atomic mass is 9.91. The Morgan fingerprint density at radius 2 is 2.06 bits per heavy atom. The van der Waals surface area contributed by atoms with Gasteiger partial charge in [-0.25, -0.2) is 4.98 Å². The Labute approximate surface area is 110 Å². The molecular weight excluding hydrogens is 252 g/mol. The van der Waals surface area contributed by atoms with Crippen LogP contribution in [0.1, 0.15) is 42.6 Å². The number of carbonyl (C=O) groups excluding carboxylic acids is 1. The Balaban J connectivity index is 2.85. The largest absolute Gasteiger partial charge is 0.481 e. The van der Waals surface area contributed by atoms with E-state index in [1.165, 1.54) is 16.2 Å². The normalized spacial score (nSPS) is 11.3. The smallest absolute Gasteiger partial charge is 0.305 e. The number of carbonyl (C=O) groups is 2. The minimum atomic E-state index is -0.907. The molecule has 1 amide bonds. The molecule has 0 unspecified atom stereocenters. The van der Waals surface area contributed by atoms with Crippen LogP contribution in [0.2, 0.25) is 0 Å². The molecule has 18 heavy (non-hydrogen) atoms. The third-order valence-corrected chi connectivity index (χ3v) is 3.29. The van der Waals surface area contributed by atoms with Gasteiger partial charge in [-0.15, -0.1) is 11.3 Å². The van der Waals surface area contributed by atoms with Crippen LogP contribution in [0, 0.1) is 0 Å². The van der Waals surface area contributed by atoms with Crippen molar-refractivity contribution in [1.82, 2.24) is 9.88 Å². The molecule has 0 aliphatic carbocycles. The van der Waals surface area contributed by atoms with Crippen molar-refractivity contribution in [3.8, 4) is 0 Å². The second-order valence-electron chi connectivity index (χ2n) is 5.15. The highest BCUT2D eigenvalue weighted by Crippen LogP contribution is 2.27. The summed E-state index contributed by atoms with van der Waals surface area (Å²) in [6.45, 7) is 6.19. The molecule has 1 rings (SSSR count). The van der Waals surface area contributed by atoms with Crippen molar-refractivity contribution >= 4 is 23.2 Å². The van der Waals surface area contributed by atoms with E-state index in [1.807, 2.05) is 20.8 Å². The van der Waals surface area contributed by atoms with Gasteiger partial charge in [0.05, 0.1) is 17.6 Å². The lowest BCUT2D eigenvalue weighted by Gasteiger charge is -2.20. The van der Waals surface area contributed by atoms with Gasteiger partial charge in [-0.2, -0.15) is 0 Å². The van der Waals surface area contributed by atoms with E-state index in [-0.39, 0.29) is 24.3 Å². The summed E-state index contributed by atoms with van der Waals surface area (Å²) >= 11 is 1.30. The van der Waals surface area contributed by atoms with Crippen LogP contribution in [0.4, 0.5) is 0 Å². The van der Waals surface area contributed by atoms with E-state index in [1.54, 1.807) is 12.6 Å². The van der Waals surface area contributed by atoms with E-state index in [2.05, 4.69) is 4.98 Å². The van der Waals surface area contributed by atoms with E-state index in [0.717, 1.165) is 5.69 Å². The number of aromatic nitrogens is 1. The Morgan fingerprint density at radius 3 is 2.56 bits per heavy atom. The third-order valence-electron chi connectivity index (χ3n) is 2.48. The number of thiazole rings is 1. The van der Waals surface area contributed by atoms with Crippen LogP contribution >= 0.6 is 11.3 Å². The zero-order chi connectivity index (χ0) is 13.9. The summed E-state index contributed by atoms with van der Waals surface area (Å²) < 4.78 is 0. The van der Waals surface area contributed by atoms with Crippen LogP contribution in [0.15, 0.2) is 5.51 Å². The molecule has 0 aliphatic rings. The first kappa shape index (κ1) is 14.6. The van der Waals surface area contributed by atoms with Gasteiger partial charge in [-0.1, -0.05) is 20.8 Å². The van der Waals surface area contributed by atoms with Crippen molar-refractivity contribution in [2.45, 2.75) is 32.6 Å². The van der Waals surface area contributed by atoms with Crippen molar-refractivity contribution in [3.63, 3.8) is 0 Å². The predicted molar refractivity (Wildman–Crippen MR) is 70.0 cm³/mol. The molecule has 1 N–H and O–H groups in total. The molecule has 0 radical (unpaired) electrons. The fraction of sp³-hybridized carbons (Fsp3) is 0.583. The number of amides is 1. The first-order valence-corrected chi connectivity index (χ1v) is 6.52. The monoisotopic (exact) mass is 270 g/mol. The van der Waals surface area contributed by atoms with Gasteiger partial charge in [0.2, 0.25) is 0 Å². The van der Waals surface area contributed by atoms with E-state index >= 15 is 0 Å². The average molecular weight is 270 g/mol. The third kappa shape index (κ3) is 3.53. The van der Waals surface area contributed by atoms with E-state index < -0.39 is 5.97 Å². The number of carboxylic acid groups (broad SMARTS) is 1. The van der Waals surface area contributed by atoms with Crippen molar-refractivity contribution in [3.05, 3.63) is 16.1 Å². The molecular formula is C12H18N2O3S. The molecule has 0 fully saturated rings. The molecule has 100 valence electrons. The highest BCUT2D eigenvalue weighted by Gasteiger charge is 2.26. The quantitative estimate of drug-likeness (QED) is 0.908. The number of nitrogens with zero attached hydrogens (tertiary/aromatic N) is 2. The second kappa shape index (κ2) is 5.48. The molecule has 0 saturated carbocycles. The number of carboxylic acids is 1. The SMILES string of the molecule is CN(CCC(=O)O)C(=O)c1scnc1C(C)(C)C. The van der Waals surface area contributed by atoms with Gasteiger partial charge < -0.3 is 10.0 Å². The van der Waals surface area contributed by atoms with Gasteiger partial charge in [-0.3, -0.25) is 9.59 Å². The van der Waals surface area contributed by atoms with Crippen molar-refractivity contribution < 1.29 is 14.7 Å². The van der Waals surface area contributed by atoms with Crippen molar-refractivity contribution in [2.75, 3.05) is 13.6 Å². The van der Waals surface area contributed by atoms with Crippen LogP contribution in [0.25, 0.3) is 0 Å². The van der Waals surface area contributed by atoms with Gasteiger partial charge in [0.25, 0.3) is 5.91 Å². The van der Waals surface area contributed by atoms with Crippen LogP contribution in [-0.2, 0) is 10.2 Å². The highest BCUT2D eigenvalue weighted by atomic mass is 32.1. The number of rotatable bonds is 4. The Bertz CT molecular complexity index is 448. The van der Waals surface area contributed by atoms with E-state index in [4.69, 9.17) is 5.11 Å². The van der Waals surface area contributed by atoms with Gasteiger partial charge in [0.1, 0.15) is 4.88 Å². The molecule has 1 aromatic rings. The molecule has 1 aromatic heterocycles. The first-order chi connectivity index (χ1) is 8.23. The minimum absolute atomic E-state index is 0.0497. The molecule has 0 spiro atoms. The van der Waals surface area contributed by atoms with Crippen LogP contribution < -0.4 is 0 Å². The Hall–Kier alpha value is -1.43. The lowest BCUT2D eigenvalue weighted by molar-refractivity contribution is -0.137. The average Bonchev–Trinajstić information content (AvgIpc) is 2.72. The molecule has 0 aliphatic heterocycles. The molecule has 0 saturated heterocycles. The fourth-order valence-corrected chi connectivity index (χ4v) is 2.46. The van der Waals surface area contributed by atoms with E-state index in [0.29, 0.717) is 4.88 Å². The highest BCUT2D eigenvalue weighted by molar-refractivity contribution is 7.11. The maximum Gasteiger partial charge on any atom is 0.305 e. The Morgan fingerprint density at radius 1 is 1.44 bits per heavy atom. The Kier molecular flexibility index (Phi) is 4.45. The summed E-state index contributed by atoms with van der Waals surface area (Å²) in [4.78, 5) is 28.9. The summed E-state index contributed by atoms with van der Waals surface area (Å²) in [6, 6.07) is 0. The molecule has 5 nitrogen and oxygen atoms in total. The summed E-state index contributed by atoms with van der Waals surface area (Å²) in [5.74, 6) is -1.07. The fourth-order valence-electron chi connectivity index (χ4n) is 1.47. The molecule has 0 aromatic carbocycles. The summed E-state index contributed by atoms with van der Waals surface area (Å²) in [5.41, 5.74) is 2.22. The molecule has 0 bridgehead atoms. The van der Waals surface area contributed by atoms with Gasteiger partial charge in [-0.05, 0) is 0 Å². The standard InChI is InChI=1S/C12H18N2O3S/c1-12(2,3)10-9(18-7-13-10)11(17)14(4)6-5-8(15)16/h7H,5-6H2,1-4H3,(H,15,16). The van der Waals surface area contributed by atoms with Crippen molar-refractivity contribution in [2.24, 2.45) is 0 Å². The number of hydrogen-bond donors (Lipinski definition) is 1. The lowest BCUT2D eigenvalue weighted by Crippen LogP contribution is -2.30.